The van der Waals surface area contributed by atoms with Crippen LogP contribution in [-0.4, -0.2) is 96.6 Å². The maximum atomic E-state index is 12.4. The molecule has 8 nitrogen and oxygen atoms in total. The quantitative estimate of drug-likeness (QED) is 0.517. The number of ether oxygens (including phenoxy) is 1. The van der Waals surface area contributed by atoms with Crippen LogP contribution in [-0.2, 0) is 19.1 Å². The summed E-state index contributed by atoms with van der Waals surface area (Å²) < 4.78 is 5.01. The first kappa shape index (κ1) is 18.7. The van der Waals surface area contributed by atoms with Crippen LogP contribution in [0.2, 0.25) is 0 Å². The third-order valence-electron chi connectivity index (χ3n) is 4.66. The van der Waals surface area contributed by atoms with Crippen LogP contribution in [0, 0.1) is 5.92 Å². The van der Waals surface area contributed by atoms with Crippen molar-refractivity contribution in [3.05, 3.63) is 0 Å². The van der Waals surface area contributed by atoms with Gasteiger partial charge in [0.05, 0.1) is 19.1 Å². The summed E-state index contributed by atoms with van der Waals surface area (Å²) in [6.45, 7) is 6.01. The molecule has 2 fully saturated rings. The van der Waals surface area contributed by atoms with E-state index in [1.807, 2.05) is 0 Å². The zero-order valence-electron chi connectivity index (χ0n) is 14.3. The number of carbonyl (C=O) groups is 3. The average molecular weight is 341 g/mol. The van der Waals surface area contributed by atoms with E-state index in [1.54, 1.807) is 11.8 Å². The number of aliphatic hydroxyl groups excluding tert-OH is 1. The first-order valence-electron chi connectivity index (χ1n) is 8.64. The van der Waals surface area contributed by atoms with E-state index >= 15 is 0 Å². The number of β-amino-alcohol motifs (C(OH)–C–C–N with tert-alkyl or cyclic N) is 1. The lowest BCUT2D eigenvalue weighted by molar-refractivity contribution is -0.156. The van der Waals surface area contributed by atoms with Crippen LogP contribution in [0.4, 0.5) is 0 Å². The summed E-state index contributed by atoms with van der Waals surface area (Å²) in [5.74, 6) is -1.33. The number of esters is 1. The van der Waals surface area contributed by atoms with Crippen LogP contribution in [0.1, 0.15) is 19.8 Å². The standard InChI is InChI=1S/C16H27N3O5/c1-2-24-16(23)13-3-5-18(6-4-13)14(21)15(22)19-9-7-17(8-10-19)11-12-20/h13,20H,2-12H2,1H3. The molecule has 8 heteroatoms. The van der Waals surface area contributed by atoms with Gasteiger partial charge in [-0.25, -0.2) is 0 Å². The van der Waals surface area contributed by atoms with E-state index in [-0.39, 0.29) is 18.5 Å². The molecule has 2 amide bonds. The second-order valence-electron chi connectivity index (χ2n) is 6.18. The van der Waals surface area contributed by atoms with Gasteiger partial charge in [-0.15, -0.1) is 0 Å². The van der Waals surface area contributed by atoms with Gasteiger partial charge in [0, 0.05) is 45.8 Å². The fraction of sp³-hybridized carbons (Fsp3) is 0.812. The Labute approximate surface area is 142 Å². The second-order valence-corrected chi connectivity index (χ2v) is 6.18. The smallest absolute Gasteiger partial charge is 0.312 e. The fourth-order valence-electron chi connectivity index (χ4n) is 3.16. The van der Waals surface area contributed by atoms with E-state index in [9.17, 15) is 14.4 Å². The summed E-state index contributed by atoms with van der Waals surface area (Å²) in [7, 11) is 0. The normalized spacial score (nSPS) is 20.1. The maximum Gasteiger partial charge on any atom is 0.312 e. The minimum Gasteiger partial charge on any atom is -0.466 e. The molecule has 0 aliphatic carbocycles. The molecule has 0 spiro atoms. The number of carbonyl (C=O) groups excluding carboxylic acids is 3. The molecule has 24 heavy (non-hydrogen) atoms. The summed E-state index contributed by atoms with van der Waals surface area (Å²) in [5.41, 5.74) is 0. The van der Waals surface area contributed by atoms with Crippen LogP contribution in [0.25, 0.3) is 0 Å². The predicted octanol–water partition coefficient (Wildman–Crippen LogP) is -1.08. The number of piperidine rings is 1. The maximum absolute atomic E-state index is 12.4. The van der Waals surface area contributed by atoms with Crippen molar-refractivity contribution < 1.29 is 24.2 Å². The van der Waals surface area contributed by atoms with E-state index in [4.69, 9.17) is 9.84 Å². The van der Waals surface area contributed by atoms with Crippen LogP contribution in [0.3, 0.4) is 0 Å². The van der Waals surface area contributed by atoms with Gasteiger partial charge in [-0.1, -0.05) is 0 Å². The van der Waals surface area contributed by atoms with Gasteiger partial charge in [-0.2, -0.15) is 0 Å². The highest BCUT2D eigenvalue weighted by molar-refractivity contribution is 6.34. The number of hydrogen-bond acceptors (Lipinski definition) is 6. The number of piperazine rings is 1. The van der Waals surface area contributed by atoms with Gasteiger partial charge in [0.1, 0.15) is 0 Å². The van der Waals surface area contributed by atoms with E-state index in [0.29, 0.717) is 65.3 Å². The van der Waals surface area contributed by atoms with Crippen LogP contribution in [0.15, 0.2) is 0 Å². The van der Waals surface area contributed by atoms with Crippen molar-refractivity contribution in [2.24, 2.45) is 5.92 Å². The Hall–Kier alpha value is -1.67. The van der Waals surface area contributed by atoms with Gasteiger partial charge in [0.25, 0.3) is 0 Å². The summed E-state index contributed by atoms with van der Waals surface area (Å²) >= 11 is 0. The number of rotatable bonds is 4. The van der Waals surface area contributed by atoms with Gasteiger partial charge in [-0.3, -0.25) is 19.3 Å². The minimum absolute atomic E-state index is 0.0995. The highest BCUT2D eigenvalue weighted by Crippen LogP contribution is 2.19. The van der Waals surface area contributed by atoms with Crippen LogP contribution in [0.5, 0.6) is 0 Å². The Morgan fingerprint density at radius 3 is 2.00 bits per heavy atom. The van der Waals surface area contributed by atoms with E-state index in [0.717, 1.165) is 0 Å². The van der Waals surface area contributed by atoms with Gasteiger partial charge in [0.2, 0.25) is 0 Å². The van der Waals surface area contributed by atoms with Crippen molar-refractivity contribution in [1.82, 2.24) is 14.7 Å². The third-order valence-corrected chi connectivity index (χ3v) is 4.66. The zero-order chi connectivity index (χ0) is 17.5. The molecule has 0 unspecified atom stereocenters. The predicted molar refractivity (Wildman–Crippen MR) is 86.0 cm³/mol. The molecule has 2 aliphatic rings. The molecule has 0 aromatic heterocycles. The largest absolute Gasteiger partial charge is 0.466 e. The fourth-order valence-corrected chi connectivity index (χ4v) is 3.16. The van der Waals surface area contributed by atoms with E-state index in [2.05, 4.69) is 4.90 Å². The molecule has 0 saturated carbocycles. The molecule has 2 saturated heterocycles. The molecule has 2 heterocycles. The Balaban J connectivity index is 1.78. The van der Waals surface area contributed by atoms with Gasteiger partial charge >= 0.3 is 17.8 Å². The molecule has 0 radical (unpaired) electrons. The molecule has 0 bridgehead atoms. The molecule has 136 valence electrons. The Bertz CT molecular complexity index is 455. The number of hydrogen-bond donors (Lipinski definition) is 1. The number of nitrogens with zero attached hydrogens (tertiary/aromatic N) is 3. The first-order valence-corrected chi connectivity index (χ1v) is 8.64. The van der Waals surface area contributed by atoms with Crippen LogP contribution < -0.4 is 0 Å². The summed E-state index contributed by atoms with van der Waals surface area (Å²) in [6, 6.07) is 0. The molecule has 0 aromatic carbocycles. The van der Waals surface area contributed by atoms with Gasteiger partial charge in [-0.05, 0) is 19.8 Å². The lowest BCUT2D eigenvalue weighted by Gasteiger charge is -2.36. The molecule has 2 aliphatic heterocycles. The SMILES string of the molecule is CCOC(=O)C1CCN(C(=O)C(=O)N2CCN(CCO)CC2)CC1. The van der Waals surface area contributed by atoms with E-state index in [1.165, 1.54) is 4.90 Å². The lowest BCUT2D eigenvalue weighted by Crippen LogP contribution is -2.54. The molecule has 1 N–H and O–H groups in total. The lowest BCUT2D eigenvalue weighted by atomic mass is 9.97. The molecule has 0 atom stereocenters. The monoisotopic (exact) mass is 341 g/mol. The van der Waals surface area contributed by atoms with Crippen molar-refractivity contribution in [3.8, 4) is 0 Å². The van der Waals surface area contributed by atoms with Crippen LogP contribution >= 0.6 is 0 Å². The first-order chi connectivity index (χ1) is 11.6. The summed E-state index contributed by atoms with van der Waals surface area (Å²) in [4.78, 5) is 41.6. The number of aliphatic hydroxyl groups is 1. The number of likely N-dealkylation sites (tertiary alicyclic amines) is 1. The minimum atomic E-state index is -0.479. The zero-order valence-corrected chi connectivity index (χ0v) is 14.3. The Kier molecular flexibility index (Phi) is 6.99. The molecule has 0 aromatic rings. The second kappa shape index (κ2) is 8.98. The summed E-state index contributed by atoms with van der Waals surface area (Å²) in [6.07, 6.45) is 1.09. The molecular weight excluding hydrogens is 314 g/mol. The molecule has 2 rings (SSSR count). The van der Waals surface area contributed by atoms with Gasteiger partial charge < -0.3 is 19.6 Å². The van der Waals surface area contributed by atoms with Crippen molar-refractivity contribution in [2.45, 2.75) is 19.8 Å². The number of amides is 2. The topological polar surface area (TPSA) is 90.4 Å². The highest BCUT2D eigenvalue weighted by Gasteiger charge is 2.33. The molecular formula is C16H27N3O5. The van der Waals surface area contributed by atoms with Crippen molar-refractivity contribution >= 4 is 17.8 Å². The Morgan fingerprint density at radius 2 is 1.50 bits per heavy atom. The van der Waals surface area contributed by atoms with E-state index < -0.39 is 11.8 Å². The van der Waals surface area contributed by atoms with Crippen molar-refractivity contribution in [1.29, 1.82) is 0 Å². The van der Waals surface area contributed by atoms with Gasteiger partial charge in [0.15, 0.2) is 0 Å². The summed E-state index contributed by atoms with van der Waals surface area (Å²) in [5, 5.41) is 8.93. The Morgan fingerprint density at radius 1 is 0.958 bits per heavy atom. The van der Waals surface area contributed by atoms with Crippen molar-refractivity contribution in [3.63, 3.8) is 0 Å². The highest BCUT2D eigenvalue weighted by atomic mass is 16.5. The average Bonchev–Trinajstić information content (AvgIpc) is 2.62. The van der Waals surface area contributed by atoms with Crippen molar-refractivity contribution in [2.75, 3.05) is 59.0 Å². The third kappa shape index (κ3) is 4.67.